The van der Waals surface area contributed by atoms with Crippen molar-refractivity contribution in [2.24, 2.45) is 0 Å². The predicted molar refractivity (Wildman–Crippen MR) is 85.9 cm³/mol. The highest BCUT2D eigenvalue weighted by atomic mass is 16.5. The van der Waals surface area contributed by atoms with Gasteiger partial charge in [-0.05, 0) is 38.8 Å². The molecule has 118 valence electrons. The summed E-state index contributed by atoms with van der Waals surface area (Å²) in [5, 5.41) is 4.71. The number of rotatable bonds is 6. The van der Waals surface area contributed by atoms with Gasteiger partial charge in [-0.25, -0.2) is 0 Å². The molecule has 3 rings (SSSR count). The molecule has 4 nitrogen and oxygen atoms in total. The van der Waals surface area contributed by atoms with Crippen LogP contribution in [0.1, 0.15) is 37.5 Å². The van der Waals surface area contributed by atoms with Gasteiger partial charge in [-0.15, -0.1) is 0 Å². The molecular weight excluding hydrogens is 278 g/mol. The van der Waals surface area contributed by atoms with Gasteiger partial charge in [0.1, 0.15) is 11.3 Å². The normalized spacial score (nSPS) is 18.0. The van der Waals surface area contributed by atoms with E-state index in [4.69, 9.17) is 9.15 Å². The largest absolute Gasteiger partial charge is 0.466 e. The zero-order valence-corrected chi connectivity index (χ0v) is 13.1. The zero-order valence-electron chi connectivity index (χ0n) is 13.1. The van der Waals surface area contributed by atoms with Crippen LogP contribution < -0.4 is 5.32 Å². The average molecular weight is 301 g/mol. The number of nitrogens with one attached hydrogen (secondary N) is 1. The molecule has 0 unspecified atom stereocenters. The zero-order chi connectivity index (χ0) is 15.4. The van der Waals surface area contributed by atoms with Gasteiger partial charge in [-0.3, -0.25) is 4.79 Å². The lowest BCUT2D eigenvalue weighted by molar-refractivity contribution is -0.143. The molecule has 1 N–H and O–H groups in total. The van der Waals surface area contributed by atoms with Gasteiger partial charge in [0.15, 0.2) is 0 Å². The Bertz CT molecular complexity index is 641. The molecule has 1 fully saturated rings. The van der Waals surface area contributed by atoms with Crippen LogP contribution in [0, 0.1) is 0 Å². The second-order valence-corrected chi connectivity index (χ2v) is 5.80. The second kappa shape index (κ2) is 6.97. The molecule has 1 aromatic carbocycles. The number of carbonyl (C=O) groups is 1. The molecule has 1 atom stereocenters. The summed E-state index contributed by atoms with van der Waals surface area (Å²) in [5.74, 6) is 0.774. The number of fused-ring (bicyclic) bond motifs is 1. The van der Waals surface area contributed by atoms with E-state index in [1.54, 1.807) is 0 Å². The van der Waals surface area contributed by atoms with Gasteiger partial charge in [-0.1, -0.05) is 18.2 Å². The summed E-state index contributed by atoms with van der Waals surface area (Å²) in [6.07, 6.45) is 4.39. The van der Waals surface area contributed by atoms with Gasteiger partial charge in [0, 0.05) is 23.4 Å². The molecule has 0 bridgehead atoms. The van der Waals surface area contributed by atoms with E-state index < -0.39 is 0 Å². The standard InChI is InChI=1S/C18H23NO3/c1-2-21-18(20)10-9-17-15(12-13-6-5-11-19-13)14-7-3-4-8-16(14)22-17/h3-4,7-8,13,19H,2,5-6,9-12H2,1H3/t13-/m0/s1. The summed E-state index contributed by atoms with van der Waals surface area (Å²) < 4.78 is 11.0. The van der Waals surface area contributed by atoms with Crippen LogP contribution in [0.15, 0.2) is 28.7 Å². The van der Waals surface area contributed by atoms with Crippen LogP contribution in [0.5, 0.6) is 0 Å². The number of furan rings is 1. The first kappa shape index (κ1) is 15.1. The first-order chi connectivity index (χ1) is 10.8. The Balaban J connectivity index is 1.82. The van der Waals surface area contributed by atoms with E-state index in [0.717, 1.165) is 24.3 Å². The van der Waals surface area contributed by atoms with Gasteiger partial charge >= 0.3 is 5.97 Å². The van der Waals surface area contributed by atoms with Gasteiger partial charge < -0.3 is 14.5 Å². The van der Waals surface area contributed by atoms with Crippen molar-refractivity contribution in [2.45, 2.75) is 45.1 Å². The Hall–Kier alpha value is -1.81. The van der Waals surface area contributed by atoms with Gasteiger partial charge in [0.25, 0.3) is 0 Å². The summed E-state index contributed by atoms with van der Waals surface area (Å²) in [4.78, 5) is 11.6. The summed E-state index contributed by atoms with van der Waals surface area (Å²) in [6, 6.07) is 8.64. The van der Waals surface area contributed by atoms with Crippen molar-refractivity contribution in [3.8, 4) is 0 Å². The Morgan fingerprint density at radius 3 is 3.05 bits per heavy atom. The maximum atomic E-state index is 11.6. The molecule has 4 heteroatoms. The van der Waals surface area contributed by atoms with E-state index in [1.807, 2.05) is 25.1 Å². The van der Waals surface area contributed by atoms with Gasteiger partial charge in [0.2, 0.25) is 0 Å². The van der Waals surface area contributed by atoms with E-state index in [9.17, 15) is 4.79 Å². The number of hydrogen-bond donors (Lipinski definition) is 1. The summed E-state index contributed by atoms with van der Waals surface area (Å²) in [5.41, 5.74) is 2.16. The maximum absolute atomic E-state index is 11.6. The number of esters is 1. The molecule has 2 heterocycles. The Morgan fingerprint density at radius 2 is 2.27 bits per heavy atom. The van der Waals surface area contributed by atoms with Crippen molar-refractivity contribution >= 4 is 16.9 Å². The van der Waals surface area contributed by atoms with Crippen LogP contribution >= 0.6 is 0 Å². The highest BCUT2D eigenvalue weighted by molar-refractivity contribution is 5.82. The second-order valence-electron chi connectivity index (χ2n) is 5.80. The maximum Gasteiger partial charge on any atom is 0.306 e. The first-order valence-electron chi connectivity index (χ1n) is 8.16. The monoisotopic (exact) mass is 301 g/mol. The van der Waals surface area contributed by atoms with Crippen molar-refractivity contribution < 1.29 is 13.9 Å². The third kappa shape index (κ3) is 3.33. The number of aryl methyl sites for hydroxylation is 1. The minimum atomic E-state index is -0.159. The third-order valence-corrected chi connectivity index (χ3v) is 4.26. The van der Waals surface area contributed by atoms with E-state index in [2.05, 4.69) is 11.4 Å². The lowest BCUT2D eigenvalue weighted by Gasteiger charge is -2.10. The molecular formula is C18H23NO3. The van der Waals surface area contributed by atoms with E-state index >= 15 is 0 Å². The van der Waals surface area contributed by atoms with Crippen LogP contribution in [0.25, 0.3) is 11.0 Å². The fourth-order valence-corrected chi connectivity index (χ4v) is 3.20. The fraction of sp³-hybridized carbons (Fsp3) is 0.500. The van der Waals surface area contributed by atoms with Gasteiger partial charge in [0.05, 0.1) is 13.0 Å². The summed E-state index contributed by atoms with van der Waals surface area (Å²) >= 11 is 0. The topological polar surface area (TPSA) is 51.5 Å². The number of carbonyl (C=O) groups excluding carboxylic acids is 1. The Labute approximate surface area is 130 Å². The molecule has 0 amide bonds. The molecule has 22 heavy (non-hydrogen) atoms. The predicted octanol–water partition coefficient (Wildman–Crippen LogP) is 3.22. The Morgan fingerprint density at radius 1 is 1.41 bits per heavy atom. The molecule has 0 saturated carbocycles. The quantitative estimate of drug-likeness (QED) is 0.832. The fourth-order valence-electron chi connectivity index (χ4n) is 3.20. The van der Waals surface area contributed by atoms with E-state index in [-0.39, 0.29) is 5.97 Å². The van der Waals surface area contributed by atoms with E-state index in [0.29, 0.717) is 25.5 Å². The van der Waals surface area contributed by atoms with Crippen LogP contribution in [-0.4, -0.2) is 25.2 Å². The van der Waals surface area contributed by atoms with Crippen LogP contribution in [0.4, 0.5) is 0 Å². The van der Waals surface area contributed by atoms with Crippen molar-refractivity contribution in [3.63, 3.8) is 0 Å². The molecule has 0 radical (unpaired) electrons. The van der Waals surface area contributed by atoms with Gasteiger partial charge in [-0.2, -0.15) is 0 Å². The number of para-hydroxylation sites is 1. The Kier molecular flexibility index (Phi) is 4.78. The van der Waals surface area contributed by atoms with E-state index in [1.165, 1.54) is 23.8 Å². The van der Waals surface area contributed by atoms with Crippen molar-refractivity contribution in [2.75, 3.05) is 13.2 Å². The number of benzene rings is 1. The molecule has 1 saturated heterocycles. The molecule has 0 aliphatic carbocycles. The average Bonchev–Trinajstić information content (AvgIpc) is 3.14. The highest BCUT2D eigenvalue weighted by Gasteiger charge is 2.21. The molecule has 1 aromatic heterocycles. The lowest BCUT2D eigenvalue weighted by atomic mass is 9.99. The van der Waals surface area contributed by atoms with Crippen molar-refractivity contribution in [3.05, 3.63) is 35.6 Å². The minimum Gasteiger partial charge on any atom is -0.466 e. The number of hydrogen-bond acceptors (Lipinski definition) is 4. The SMILES string of the molecule is CCOC(=O)CCc1oc2ccccc2c1C[C@@H]1CCCN1. The molecule has 0 spiro atoms. The minimum absolute atomic E-state index is 0.159. The lowest BCUT2D eigenvalue weighted by Crippen LogP contribution is -2.24. The van der Waals surface area contributed by atoms with Crippen LogP contribution in [-0.2, 0) is 22.4 Å². The summed E-state index contributed by atoms with van der Waals surface area (Å²) in [6.45, 7) is 3.35. The van der Waals surface area contributed by atoms with Crippen LogP contribution in [0.3, 0.4) is 0 Å². The van der Waals surface area contributed by atoms with Crippen LogP contribution in [0.2, 0.25) is 0 Å². The van der Waals surface area contributed by atoms with Crippen molar-refractivity contribution in [1.82, 2.24) is 5.32 Å². The smallest absolute Gasteiger partial charge is 0.306 e. The van der Waals surface area contributed by atoms with Crippen molar-refractivity contribution in [1.29, 1.82) is 0 Å². The summed E-state index contributed by atoms with van der Waals surface area (Å²) in [7, 11) is 0. The highest BCUT2D eigenvalue weighted by Crippen LogP contribution is 2.29. The first-order valence-corrected chi connectivity index (χ1v) is 8.16. The molecule has 1 aliphatic heterocycles. The molecule has 1 aliphatic rings. The molecule has 2 aromatic rings. The third-order valence-electron chi connectivity index (χ3n) is 4.26. The number of ether oxygens (including phenoxy) is 1.